The molecular weight excluding hydrogens is 338 g/mol. The van der Waals surface area contributed by atoms with Gasteiger partial charge >= 0.3 is 0 Å². The summed E-state index contributed by atoms with van der Waals surface area (Å²) in [6.07, 6.45) is -1.00. The molecule has 1 aromatic heterocycles. The zero-order chi connectivity index (χ0) is 17.7. The van der Waals surface area contributed by atoms with Gasteiger partial charge in [-0.1, -0.05) is 66.7 Å². The maximum absolute atomic E-state index is 10.1. The van der Waals surface area contributed by atoms with Gasteiger partial charge in [0.05, 0.1) is 0 Å². The molecule has 0 saturated carbocycles. The lowest BCUT2D eigenvalue weighted by atomic mass is 9.92. The van der Waals surface area contributed by atoms with Crippen LogP contribution in [-0.4, -0.2) is 5.11 Å². The number of hydrogen-bond donors (Lipinski definition) is 2. The summed E-state index contributed by atoms with van der Waals surface area (Å²) in [7, 11) is 0. The van der Waals surface area contributed by atoms with Gasteiger partial charge in [-0.15, -0.1) is 11.3 Å². The van der Waals surface area contributed by atoms with Gasteiger partial charge in [0.25, 0.3) is 0 Å². The summed E-state index contributed by atoms with van der Waals surface area (Å²) >= 11 is 1.82. The van der Waals surface area contributed by atoms with Gasteiger partial charge in [0.15, 0.2) is 0 Å². The summed E-state index contributed by atoms with van der Waals surface area (Å²) in [5.74, 6) is 0. The molecular formula is C23H17NOS. The molecule has 26 heavy (non-hydrogen) atoms. The molecule has 5 aromatic rings. The van der Waals surface area contributed by atoms with Crippen molar-refractivity contribution < 1.29 is 5.11 Å². The quantitative estimate of drug-likeness (QED) is 0.392. The van der Waals surface area contributed by atoms with Crippen molar-refractivity contribution in [2.45, 2.75) is 6.23 Å². The van der Waals surface area contributed by atoms with Crippen LogP contribution in [0.15, 0.2) is 78.9 Å². The zero-order valence-electron chi connectivity index (χ0n) is 14.0. The lowest BCUT2D eigenvalue weighted by Gasteiger charge is -2.14. The van der Waals surface area contributed by atoms with Crippen molar-refractivity contribution in [3.05, 3.63) is 84.4 Å². The zero-order valence-corrected chi connectivity index (χ0v) is 14.8. The van der Waals surface area contributed by atoms with Crippen LogP contribution in [0.3, 0.4) is 0 Å². The maximum atomic E-state index is 10.1. The van der Waals surface area contributed by atoms with Crippen molar-refractivity contribution in [1.82, 2.24) is 0 Å². The van der Waals surface area contributed by atoms with Gasteiger partial charge in [-0.05, 0) is 34.0 Å². The minimum absolute atomic E-state index is 0.749. The first kappa shape index (κ1) is 15.5. The van der Waals surface area contributed by atoms with Gasteiger partial charge in [-0.2, -0.15) is 0 Å². The first-order chi connectivity index (χ1) is 12.7. The Kier molecular flexibility index (Phi) is 3.54. The Morgan fingerprint density at radius 3 is 2.31 bits per heavy atom. The summed E-state index contributed by atoms with van der Waals surface area (Å²) in [5, 5.41) is 15.0. The number of rotatable bonds is 2. The van der Waals surface area contributed by atoms with Crippen LogP contribution in [-0.2, 0) is 0 Å². The van der Waals surface area contributed by atoms with Crippen molar-refractivity contribution in [3.8, 4) is 11.1 Å². The van der Waals surface area contributed by atoms with Crippen molar-refractivity contribution in [1.29, 1.82) is 0 Å². The largest absolute Gasteiger partial charge is 0.375 e. The molecule has 0 spiro atoms. The number of aliphatic hydroxyl groups is 1. The molecule has 126 valence electrons. The number of aliphatic hydroxyl groups excluding tert-OH is 1. The third-order valence-corrected chi connectivity index (χ3v) is 6.14. The number of nitrogens with two attached hydrogens (primary N) is 1. The fraction of sp³-hybridized carbons (Fsp3) is 0.0435. The fourth-order valence-electron chi connectivity index (χ4n) is 3.77. The monoisotopic (exact) mass is 355 g/mol. The van der Waals surface area contributed by atoms with E-state index in [1.54, 1.807) is 0 Å². The van der Waals surface area contributed by atoms with E-state index < -0.39 is 6.23 Å². The molecule has 0 amide bonds. The Balaban J connectivity index is 2.02. The van der Waals surface area contributed by atoms with Gasteiger partial charge < -0.3 is 10.8 Å². The number of benzene rings is 4. The highest BCUT2D eigenvalue weighted by atomic mass is 32.1. The molecule has 0 radical (unpaired) electrons. The molecule has 3 heteroatoms. The summed E-state index contributed by atoms with van der Waals surface area (Å²) < 4.78 is 2.55. The van der Waals surface area contributed by atoms with Gasteiger partial charge in [0.1, 0.15) is 6.23 Å². The fourth-order valence-corrected chi connectivity index (χ4v) is 5.04. The Labute approximate surface area is 155 Å². The minimum Gasteiger partial charge on any atom is -0.375 e. The normalized spacial score (nSPS) is 12.8. The molecule has 5 rings (SSSR count). The van der Waals surface area contributed by atoms with Gasteiger partial charge in [-0.25, -0.2) is 0 Å². The number of thiophene rings is 1. The molecule has 0 fully saturated rings. The lowest BCUT2D eigenvalue weighted by molar-refractivity contribution is 0.187. The second-order valence-electron chi connectivity index (χ2n) is 6.48. The van der Waals surface area contributed by atoms with E-state index in [9.17, 15) is 5.11 Å². The van der Waals surface area contributed by atoms with E-state index in [1.165, 1.54) is 30.9 Å². The van der Waals surface area contributed by atoms with Crippen LogP contribution in [0.2, 0.25) is 0 Å². The van der Waals surface area contributed by atoms with Crippen LogP contribution in [0, 0.1) is 0 Å². The van der Waals surface area contributed by atoms with Crippen LogP contribution in [0.1, 0.15) is 11.8 Å². The van der Waals surface area contributed by atoms with Crippen molar-refractivity contribution >= 4 is 42.3 Å². The third kappa shape index (κ3) is 2.26. The van der Waals surface area contributed by atoms with E-state index in [0.717, 1.165) is 16.7 Å². The van der Waals surface area contributed by atoms with Crippen LogP contribution < -0.4 is 5.73 Å². The Morgan fingerprint density at radius 1 is 0.769 bits per heavy atom. The van der Waals surface area contributed by atoms with E-state index in [-0.39, 0.29) is 0 Å². The Morgan fingerprint density at radius 2 is 1.46 bits per heavy atom. The van der Waals surface area contributed by atoms with E-state index in [1.807, 2.05) is 35.6 Å². The number of hydrogen-bond acceptors (Lipinski definition) is 3. The minimum atomic E-state index is -1.00. The highest BCUT2D eigenvalue weighted by Gasteiger charge is 2.17. The van der Waals surface area contributed by atoms with Crippen molar-refractivity contribution in [2.24, 2.45) is 5.73 Å². The van der Waals surface area contributed by atoms with Crippen molar-refractivity contribution in [2.75, 3.05) is 0 Å². The summed E-state index contributed by atoms with van der Waals surface area (Å²) in [6, 6.07) is 27.1. The molecule has 0 aliphatic carbocycles. The second-order valence-corrected chi connectivity index (χ2v) is 7.53. The van der Waals surface area contributed by atoms with Crippen LogP contribution in [0.5, 0.6) is 0 Å². The van der Waals surface area contributed by atoms with Crippen molar-refractivity contribution in [3.63, 3.8) is 0 Å². The predicted octanol–water partition coefficient (Wildman–Crippen LogP) is 5.82. The van der Waals surface area contributed by atoms with Gasteiger partial charge in [0, 0.05) is 25.7 Å². The molecule has 1 unspecified atom stereocenters. The smallest absolute Gasteiger partial charge is 0.129 e. The standard InChI is InChI=1S/C23H17NOS/c24-23(25)17-10-4-3-9-16(17)19-13-14-7-1-2-8-15(14)22-21(19)18-11-5-6-12-20(18)26-22/h1-13,23,25H,24H2. The maximum Gasteiger partial charge on any atom is 0.129 e. The SMILES string of the molecule is NC(O)c1ccccc1-c1cc2ccccc2c2sc3ccccc3c12. The number of fused-ring (bicyclic) bond motifs is 5. The molecule has 0 aliphatic rings. The molecule has 3 N–H and O–H groups in total. The predicted molar refractivity (Wildman–Crippen MR) is 111 cm³/mol. The molecule has 4 aromatic carbocycles. The average Bonchev–Trinajstić information content (AvgIpc) is 3.07. The summed E-state index contributed by atoms with van der Waals surface area (Å²) in [5.41, 5.74) is 8.71. The Hall–Kier alpha value is -2.72. The first-order valence-corrected chi connectivity index (χ1v) is 9.41. The van der Waals surface area contributed by atoms with Crippen LogP contribution >= 0.6 is 11.3 Å². The van der Waals surface area contributed by atoms with E-state index in [0.29, 0.717) is 0 Å². The topological polar surface area (TPSA) is 46.2 Å². The molecule has 0 aliphatic heterocycles. The van der Waals surface area contributed by atoms with Crippen LogP contribution in [0.4, 0.5) is 0 Å². The highest BCUT2D eigenvalue weighted by molar-refractivity contribution is 7.26. The average molecular weight is 355 g/mol. The molecule has 2 nitrogen and oxygen atoms in total. The molecule has 0 bridgehead atoms. The third-order valence-electron chi connectivity index (χ3n) is 4.94. The Bertz CT molecular complexity index is 1270. The van der Waals surface area contributed by atoms with E-state index in [4.69, 9.17) is 5.73 Å². The highest BCUT2D eigenvalue weighted by Crippen LogP contribution is 2.44. The van der Waals surface area contributed by atoms with Gasteiger partial charge in [-0.3, -0.25) is 0 Å². The lowest BCUT2D eigenvalue weighted by Crippen LogP contribution is -2.09. The molecule has 0 saturated heterocycles. The molecule has 1 atom stereocenters. The van der Waals surface area contributed by atoms with Crippen LogP contribution in [0.25, 0.3) is 42.1 Å². The summed E-state index contributed by atoms with van der Waals surface area (Å²) in [6.45, 7) is 0. The molecule has 1 heterocycles. The van der Waals surface area contributed by atoms with E-state index >= 15 is 0 Å². The van der Waals surface area contributed by atoms with E-state index in [2.05, 4.69) is 54.6 Å². The second kappa shape index (κ2) is 5.92. The first-order valence-electron chi connectivity index (χ1n) is 8.60. The van der Waals surface area contributed by atoms with Gasteiger partial charge in [0.2, 0.25) is 0 Å². The summed E-state index contributed by atoms with van der Waals surface area (Å²) in [4.78, 5) is 0.